The summed E-state index contributed by atoms with van der Waals surface area (Å²) in [6.45, 7) is 0. The van der Waals surface area contributed by atoms with Crippen LogP contribution in [0.25, 0.3) is 0 Å². The maximum absolute atomic E-state index is 13.3. The molecule has 0 aromatic heterocycles. The second-order valence-corrected chi connectivity index (χ2v) is 8.39. The SMILES string of the molecule is NC(=O)CC[C@@H]1N[C@@]2(C(=O)Nc3cc(Cl)ccc32)[C@@H](c2cccc(Cl)c2)[C@@H]1[N+](=O)[O-]. The molecule has 1 fully saturated rings. The van der Waals surface area contributed by atoms with Crippen LogP contribution in [0, 0.1) is 10.1 Å². The number of hydrogen-bond donors (Lipinski definition) is 3. The zero-order valence-corrected chi connectivity index (χ0v) is 17.1. The molecule has 8 nitrogen and oxygen atoms in total. The average molecular weight is 449 g/mol. The van der Waals surface area contributed by atoms with Gasteiger partial charge < -0.3 is 11.1 Å². The van der Waals surface area contributed by atoms with Gasteiger partial charge in [-0.2, -0.15) is 0 Å². The Balaban J connectivity index is 1.92. The number of primary amides is 1. The van der Waals surface area contributed by atoms with Gasteiger partial charge in [-0.15, -0.1) is 0 Å². The summed E-state index contributed by atoms with van der Waals surface area (Å²) in [7, 11) is 0. The van der Waals surface area contributed by atoms with Gasteiger partial charge in [0.2, 0.25) is 17.9 Å². The van der Waals surface area contributed by atoms with Crippen LogP contribution >= 0.6 is 23.2 Å². The summed E-state index contributed by atoms with van der Waals surface area (Å²) in [5.41, 5.74) is 5.47. The lowest BCUT2D eigenvalue weighted by Gasteiger charge is -2.29. The predicted molar refractivity (Wildman–Crippen MR) is 112 cm³/mol. The normalized spacial score (nSPS) is 27.1. The van der Waals surface area contributed by atoms with Crippen LogP contribution in [0.4, 0.5) is 5.69 Å². The van der Waals surface area contributed by atoms with Crippen LogP contribution in [0.5, 0.6) is 0 Å². The monoisotopic (exact) mass is 448 g/mol. The standard InChI is InChI=1S/C20H18Cl2N4O4/c21-11-3-1-2-10(8-11)17-18(26(29)30)14(6-7-16(23)27)25-20(17)13-5-4-12(22)9-15(13)24-19(20)28/h1-5,8-9,14,17-18,25H,6-7H2,(H2,23,27)(H,24,28)/t14-,17-,18+,20+/m0/s1. The molecule has 1 saturated heterocycles. The Morgan fingerprint density at radius 2 is 1.93 bits per heavy atom. The van der Waals surface area contributed by atoms with Crippen LogP contribution in [-0.4, -0.2) is 28.8 Å². The maximum Gasteiger partial charge on any atom is 0.250 e. The molecule has 0 radical (unpaired) electrons. The third kappa shape index (κ3) is 3.21. The molecule has 30 heavy (non-hydrogen) atoms. The van der Waals surface area contributed by atoms with Gasteiger partial charge in [0.25, 0.3) is 0 Å². The molecule has 2 heterocycles. The van der Waals surface area contributed by atoms with E-state index in [0.29, 0.717) is 26.9 Å². The molecule has 4 rings (SSSR count). The van der Waals surface area contributed by atoms with E-state index >= 15 is 0 Å². The highest BCUT2D eigenvalue weighted by Gasteiger charge is 2.66. The number of rotatable bonds is 5. The number of fused-ring (bicyclic) bond motifs is 2. The molecule has 2 aromatic rings. The van der Waals surface area contributed by atoms with E-state index in [4.69, 9.17) is 28.9 Å². The van der Waals surface area contributed by atoms with Crippen molar-refractivity contribution in [3.63, 3.8) is 0 Å². The molecule has 0 bridgehead atoms. The van der Waals surface area contributed by atoms with E-state index in [9.17, 15) is 19.7 Å². The number of anilines is 1. The number of hydrogen-bond acceptors (Lipinski definition) is 5. The van der Waals surface area contributed by atoms with E-state index in [0.717, 1.165) is 0 Å². The van der Waals surface area contributed by atoms with Crippen LogP contribution in [0.3, 0.4) is 0 Å². The number of benzene rings is 2. The van der Waals surface area contributed by atoms with Crippen molar-refractivity contribution >= 4 is 40.7 Å². The molecule has 2 aliphatic rings. The molecular formula is C20H18Cl2N4O4. The first kappa shape index (κ1) is 20.6. The highest BCUT2D eigenvalue weighted by molar-refractivity contribution is 6.31. The first-order valence-electron chi connectivity index (χ1n) is 9.30. The molecule has 0 aliphatic carbocycles. The average Bonchev–Trinajstić information content (AvgIpc) is 3.15. The van der Waals surface area contributed by atoms with Crippen molar-refractivity contribution < 1.29 is 14.5 Å². The lowest BCUT2D eigenvalue weighted by atomic mass is 9.74. The number of nitrogens with one attached hydrogen (secondary N) is 2. The Morgan fingerprint density at radius 3 is 2.60 bits per heavy atom. The Kier molecular flexibility index (Phi) is 5.17. The number of nitrogens with two attached hydrogens (primary N) is 1. The summed E-state index contributed by atoms with van der Waals surface area (Å²) in [6.07, 6.45) is 0.0748. The fraction of sp³-hybridized carbons (Fsp3) is 0.300. The van der Waals surface area contributed by atoms with Crippen LogP contribution in [-0.2, 0) is 15.1 Å². The van der Waals surface area contributed by atoms with Crippen molar-refractivity contribution in [1.82, 2.24) is 5.32 Å². The summed E-state index contributed by atoms with van der Waals surface area (Å²) in [5.74, 6) is -1.85. The van der Waals surface area contributed by atoms with E-state index in [-0.39, 0.29) is 12.8 Å². The Labute approximate surface area is 181 Å². The summed E-state index contributed by atoms with van der Waals surface area (Å²) < 4.78 is 0. The maximum atomic E-state index is 13.3. The minimum atomic E-state index is -1.41. The van der Waals surface area contributed by atoms with E-state index in [1.807, 2.05) is 0 Å². The number of carbonyl (C=O) groups excluding carboxylic acids is 2. The first-order chi connectivity index (χ1) is 14.2. The van der Waals surface area contributed by atoms with Crippen LogP contribution in [0.1, 0.15) is 29.9 Å². The van der Waals surface area contributed by atoms with E-state index in [1.165, 1.54) is 0 Å². The molecule has 4 N–H and O–H groups in total. The van der Waals surface area contributed by atoms with Gasteiger partial charge in [-0.3, -0.25) is 25.0 Å². The molecule has 4 atom stereocenters. The second-order valence-electron chi connectivity index (χ2n) is 7.52. The molecule has 0 saturated carbocycles. The van der Waals surface area contributed by atoms with Gasteiger partial charge in [-0.25, -0.2) is 0 Å². The first-order valence-corrected chi connectivity index (χ1v) is 10.1. The Morgan fingerprint density at radius 1 is 1.20 bits per heavy atom. The third-order valence-electron chi connectivity index (χ3n) is 5.80. The van der Waals surface area contributed by atoms with Crippen molar-refractivity contribution in [3.05, 3.63) is 73.8 Å². The van der Waals surface area contributed by atoms with Gasteiger partial charge in [0.05, 0.1) is 12.0 Å². The summed E-state index contributed by atoms with van der Waals surface area (Å²) >= 11 is 12.3. The minimum absolute atomic E-state index is 0.0462. The molecule has 2 amide bonds. The van der Waals surface area contributed by atoms with Gasteiger partial charge >= 0.3 is 0 Å². The van der Waals surface area contributed by atoms with E-state index in [2.05, 4.69) is 10.6 Å². The lowest BCUT2D eigenvalue weighted by Crippen LogP contribution is -2.49. The zero-order valence-electron chi connectivity index (χ0n) is 15.6. The summed E-state index contributed by atoms with van der Waals surface area (Å²) in [6, 6.07) is 9.68. The van der Waals surface area contributed by atoms with Gasteiger partial charge in [-0.1, -0.05) is 41.4 Å². The zero-order chi connectivity index (χ0) is 21.6. The molecule has 0 unspecified atom stereocenters. The quantitative estimate of drug-likeness (QED) is 0.478. The number of halogens is 2. The number of amides is 2. The Bertz CT molecular complexity index is 1060. The van der Waals surface area contributed by atoms with Crippen molar-refractivity contribution in [2.45, 2.75) is 36.4 Å². The minimum Gasteiger partial charge on any atom is -0.370 e. The molecule has 2 aromatic carbocycles. The van der Waals surface area contributed by atoms with Gasteiger partial charge in [-0.05, 0) is 36.2 Å². The smallest absolute Gasteiger partial charge is 0.250 e. The van der Waals surface area contributed by atoms with Crippen molar-refractivity contribution in [1.29, 1.82) is 0 Å². The molecular weight excluding hydrogens is 431 g/mol. The molecule has 1 spiro atoms. The van der Waals surface area contributed by atoms with Gasteiger partial charge in [0.15, 0.2) is 0 Å². The topological polar surface area (TPSA) is 127 Å². The second kappa shape index (κ2) is 7.54. The molecule has 156 valence electrons. The van der Waals surface area contributed by atoms with Crippen LogP contribution in [0.15, 0.2) is 42.5 Å². The van der Waals surface area contributed by atoms with Crippen LogP contribution in [0.2, 0.25) is 10.0 Å². The molecule has 10 heteroatoms. The van der Waals surface area contributed by atoms with Crippen molar-refractivity contribution in [3.8, 4) is 0 Å². The fourth-order valence-corrected chi connectivity index (χ4v) is 5.04. The fourth-order valence-electron chi connectivity index (χ4n) is 4.67. The lowest BCUT2D eigenvalue weighted by molar-refractivity contribution is -0.527. The number of carbonyl (C=O) groups is 2. The van der Waals surface area contributed by atoms with Crippen LogP contribution < -0.4 is 16.4 Å². The largest absolute Gasteiger partial charge is 0.370 e. The molecule has 2 aliphatic heterocycles. The van der Waals surface area contributed by atoms with E-state index in [1.54, 1.807) is 42.5 Å². The summed E-state index contributed by atoms with van der Waals surface area (Å²) in [4.78, 5) is 36.5. The third-order valence-corrected chi connectivity index (χ3v) is 6.27. The number of nitro groups is 1. The Hall–Kier alpha value is -2.68. The summed E-state index contributed by atoms with van der Waals surface area (Å²) in [5, 5.41) is 19.0. The van der Waals surface area contributed by atoms with Crippen molar-refractivity contribution in [2.24, 2.45) is 5.73 Å². The van der Waals surface area contributed by atoms with Crippen molar-refractivity contribution in [2.75, 3.05) is 5.32 Å². The van der Waals surface area contributed by atoms with Gasteiger partial charge in [0, 0.05) is 32.6 Å². The van der Waals surface area contributed by atoms with Gasteiger partial charge in [0.1, 0.15) is 5.54 Å². The van der Waals surface area contributed by atoms with E-state index < -0.39 is 40.3 Å². The highest BCUT2D eigenvalue weighted by Crippen LogP contribution is 2.53. The highest BCUT2D eigenvalue weighted by atomic mass is 35.5. The number of nitrogens with zero attached hydrogens (tertiary/aromatic N) is 1. The predicted octanol–water partition coefficient (Wildman–Crippen LogP) is 2.81.